The first kappa shape index (κ1) is 15.8. The van der Waals surface area contributed by atoms with Gasteiger partial charge in [0, 0.05) is 6.42 Å². The Morgan fingerprint density at radius 3 is 2.74 bits per heavy atom. The fraction of sp³-hybridized carbons (Fsp3) is 0.417. The van der Waals surface area contributed by atoms with Crippen LogP contribution in [0.3, 0.4) is 0 Å². The van der Waals surface area contributed by atoms with Gasteiger partial charge in [-0.3, -0.25) is 0 Å². The molecule has 0 bridgehead atoms. The summed E-state index contributed by atoms with van der Waals surface area (Å²) in [4.78, 5) is 11.0. The number of benzene rings is 1. The molecule has 1 atom stereocenters. The third kappa shape index (κ3) is 4.41. The molecule has 0 N–H and O–H groups in total. The molecule has 0 aliphatic heterocycles. The third-order valence-electron chi connectivity index (χ3n) is 2.16. The van der Waals surface area contributed by atoms with Crippen LogP contribution in [-0.4, -0.2) is 25.4 Å². The van der Waals surface area contributed by atoms with Crippen molar-refractivity contribution < 1.29 is 27.4 Å². The van der Waals surface area contributed by atoms with Crippen molar-refractivity contribution in [1.82, 2.24) is 0 Å². The lowest BCUT2D eigenvalue weighted by Gasteiger charge is -2.11. The number of halogens is 4. The SMILES string of the molecule is CCOC(=O)C(F)CCOc1c(F)ccc(Br)c1F. The van der Waals surface area contributed by atoms with E-state index in [9.17, 15) is 18.0 Å². The van der Waals surface area contributed by atoms with Gasteiger partial charge in [-0.2, -0.15) is 0 Å². The molecule has 0 spiro atoms. The first-order valence-electron chi connectivity index (χ1n) is 5.54. The van der Waals surface area contributed by atoms with Gasteiger partial charge < -0.3 is 9.47 Å². The molecule has 0 aromatic heterocycles. The highest BCUT2D eigenvalue weighted by atomic mass is 79.9. The molecule has 106 valence electrons. The van der Waals surface area contributed by atoms with Gasteiger partial charge in [0.15, 0.2) is 17.4 Å². The van der Waals surface area contributed by atoms with Crippen molar-refractivity contribution in [3.8, 4) is 5.75 Å². The Balaban J connectivity index is 2.54. The van der Waals surface area contributed by atoms with Gasteiger partial charge in [0.05, 0.1) is 17.7 Å². The summed E-state index contributed by atoms with van der Waals surface area (Å²) in [6.45, 7) is 1.27. The molecule has 0 saturated carbocycles. The maximum absolute atomic E-state index is 13.5. The van der Waals surface area contributed by atoms with Crippen LogP contribution < -0.4 is 4.74 Å². The second-order valence-electron chi connectivity index (χ2n) is 3.53. The van der Waals surface area contributed by atoms with Crippen molar-refractivity contribution >= 4 is 21.9 Å². The number of alkyl halides is 1. The van der Waals surface area contributed by atoms with E-state index >= 15 is 0 Å². The number of esters is 1. The minimum absolute atomic E-state index is 0.0334. The number of carbonyl (C=O) groups is 1. The van der Waals surface area contributed by atoms with Gasteiger partial charge in [-0.05, 0) is 35.0 Å². The van der Waals surface area contributed by atoms with Crippen molar-refractivity contribution in [2.75, 3.05) is 13.2 Å². The van der Waals surface area contributed by atoms with Crippen molar-refractivity contribution in [2.45, 2.75) is 19.5 Å². The lowest BCUT2D eigenvalue weighted by atomic mass is 10.3. The summed E-state index contributed by atoms with van der Waals surface area (Å²) >= 11 is 2.87. The molecule has 1 unspecified atom stereocenters. The first-order chi connectivity index (χ1) is 8.97. The average Bonchev–Trinajstić information content (AvgIpc) is 2.38. The molecule has 0 fully saturated rings. The Morgan fingerprint density at radius 2 is 2.11 bits per heavy atom. The van der Waals surface area contributed by atoms with Crippen LogP contribution in [-0.2, 0) is 9.53 Å². The minimum atomic E-state index is -1.88. The predicted octanol–water partition coefficient (Wildman–Crippen LogP) is 3.40. The number of hydrogen-bond donors (Lipinski definition) is 0. The summed E-state index contributed by atoms with van der Waals surface area (Å²) in [5, 5.41) is 0. The first-order valence-corrected chi connectivity index (χ1v) is 6.33. The third-order valence-corrected chi connectivity index (χ3v) is 2.77. The van der Waals surface area contributed by atoms with Gasteiger partial charge in [0.25, 0.3) is 0 Å². The van der Waals surface area contributed by atoms with Gasteiger partial charge in [0.2, 0.25) is 6.17 Å². The summed E-state index contributed by atoms with van der Waals surface area (Å²) in [5.41, 5.74) is 0. The number of rotatable bonds is 6. The van der Waals surface area contributed by atoms with Crippen LogP contribution >= 0.6 is 15.9 Å². The van der Waals surface area contributed by atoms with Crippen molar-refractivity contribution in [2.24, 2.45) is 0 Å². The van der Waals surface area contributed by atoms with E-state index in [1.807, 2.05) is 0 Å². The number of carbonyl (C=O) groups excluding carboxylic acids is 1. The van der Waals surface area contributed by atoms with Gasteiger partial charge in [-0.25, -0.2) is 18.0 Å². The zero-order valence-electron chi connectivity index (χ0n) is 10.1. The fourth-order valence-corrected chi connectivity index (χ4v) is 1.57. The Kier molecular flexibility index (Phi) is 6.14. The van der Waals surface area contributed by atoms with Crippen LogP contribution in [0.15, 0.2) is 16.6 Å². The molecule has 0 amide bonds. The second kappa shape index (κ2) is 7.37. The maximum Gasteiger partial charge on any atom is 0.340 e. The van der Waals surface area contributed by atoms with Gasteiger partial charge in [-0.15, -0.1) is 0 Å². The van der Waals surface area contributed by atoms with Crippen molar-refractivity contribution in [3.63, 3.8) is 0 Å². The lowest BCUT2D eigenvalue weighted by Crippen LogP contribution is -2.21. The molecular weight excluding hydrogens is 329 g/mol. The summed E-state index contributed by atoms with van der Waals surface area (Å²) in [6, 6.07) is 2.20. The molecular formula is C12H12BrF3O3. The quantitative estimate of drug-likeness (QED) is 0.588. The highest BCUT2D eigenvalue weighted by Crippen LogP contribution is 2.28. The zero-order valence-corrected chi connectivity index (χ0v) is 11.7. The molecule has 19 heavy (non-hydrogen) atoms. The standard InChI is InChI=1S/C12H12BrF3O3/c1-2-18-12(17)9(15)5-6-19-11-8(14)4-3-7(13)10(11)16/h3-4,9H,2,5-6H2,1H3. The van der Waals surface area contributed by atoms with E-state index in [0.29, 0.717) is 0 Å². The predicted molar refractivity (Wildman–Crippen MR) is 65.7 cm³/mol. The van der Waals surface area contributed by atoms with E-state index in [4.69, 9.17) is 4.74 Å². The molecule has 0 aliphatic carbocycles. The summed E-state index contributed by atoms with van der Waals surface area (Å²) in [7, 11) is 0. The Morgan fingerprint density at radius 1 is 1.42 bits per heavy atom. The maximum atomic E-state index is 13.5. The van der Waals surface area contributed by atoms with Crippen LogP contribution in [0.1, 0.15) is 13.3 Å². The van der Waals surface area contributed by atoms with Crippen LogP contribution in [0.4, 0.5) is 13.2 Å². The summed E-state index contributed by atoms with van der Waals surface area (Å²) < 4.78 is 49.2. The average molecular weight is 341 g/mol. The largest absolute Gasteiger partial charge is 0.487 e. The topological polar surface area (TPSA) is 35.5 Å². The number of ether oxygens (including phenoxy) is 2. The molecule has 0 radical (unpaired) electrons. The monoisotopic (exact) mass is 340 g/mol. The molecule has 3 nitrogen and oxygen atoms in total. The van der Waals surface area contributed by atoms with Crippen molar-refractivity contribution in [3.05, 3.63) is 28.2 Å². The van der Waals surface area contributed by atoms with Crippen molar-refractivity contribution in [1.29, 1.82) is 0 Å². The Hall–Kier alpha value is -1.24. The van der Waals surface area contributed by atoms with Crippen LogP contribution in [0, 0.1) is 11.6 Å². The second-order valence-corrected chi connectivity index (χ2v) is 4.38. The van der Waals surface area contributed by atoms with E-state index in [-0.39, 0.29) is 24.1 Å². The Labute approximate surface area is 116 Å². The molecule has 7 heteroatoms. The van der Waals surface area contributed by atoms with E-state index in [1.54, 1.807) is 6.92 Å². The number of hydrogen-bond acceptors (Lipinski definition) is 3. The Bertz CT molecular complexity index is 454. The molecule has 0 heterocycles. The molecule has 1 aromatic carbocycles. The van der Waals surface area contributed by atoms with E-state index in [0.717, 1.165) is 6.07 Å². The van der Waals surface area contributed by atoms with E-state index < -0.39 is 29.5 Å². The minimum Gasteiger partial charge on any atom is -0.487 e. The normalized spacial score (nSPS) is 12.1. The highest BCUT2D eigenvalue weighted by Gasteiger charge is 2.20. The van der Waals surface area contributed by atoms with Crippen LogP contribution in [0.2, 0.25) is 0 Å². The fourth-order valence-electron chi connectivity index (χ4n) is 1.26. The summed E-state index contributed by atoms with van der Waals surface area (Å²) in [5.74, 6) is -3.43. The molecule has 0 aliphatic rings. The molecule has 1 aromatic rings. The van der Waals surface area contributed by atoms with E-state index in [2.05, 4.69) is 20.7 Å². The summed E-state index contributed by atoms with van der Waals surface area (Å²) in [6.07, 6.45) is -2.22. The smallest absolute Gasteiger partial charge is 0.340 e. The van der Waals surface area contributed by atoms with Gasteiger partial charge in [0.1, 0.15) is 0 Å². The van der Waals surface area contributed by atoms with Crippen LogP contribution in [0.25, 0.3) is 0 Å². The molecule has 0 saturated heterocycles. The lowest BCUT2D eigenvalue weighted by molar-refractivity contribution is -0.149. The van der Waals surface area contributed by atoms with E-state index in [1.165, 1.54) is 6.07 Å². The van der Waals surface area contributed by atoms with Gasteiger partial charge in [-0.1, -0.05) is 0 Å². The van der Waals surface area contributed by atoms with Gasteiger partial charge >= 0.3 is 5.97 Å². The van der Waals surface area contributed by atoms with Crippen LogP contribution in [0.5, 0.6) is 5.75 Å². The molecule has 1 rings (SSSR count). The highest BCUT2D eigenvalue weighted by molar-refractivity contribution is 9.10. The zero-order chi connectivity index (χ0) is 14.4.